The molecule has 0 spiro atoms. The van der Waals surface area contributed by atoms with E-state index in [0.29, 0.717) is 37.6 Å². The van der Waals surface area contributed by atoms with Crippen LogP contribution in [-0.4, -0.2) is 48.5 Å². The molecule has 3 saturated carbocycles. The van der Waals surface area contributed by atoms with Gasteiger partial charge in [-0.3, -0.25) is 0 Å². The molecule has 4 fully saturated rings. The van der Waals surface area contributed by atoms with Crippen molar-refractivity contribution in [2.45, 2.75) is 83.5 Å². The maximum atomic E-state index is 11.9. The summed E-state index contributed by atoms with van der Waals surface area (Å²) in [6.45, 7) is 6.43. The van der Waals surface area contributed by atoms with E-state index in [1.54, 1.807) is 0 Å². The van der Waals surface area contributed by atoms with Crippen molar-refractivity contribution >= 4 is 0 Å². The highest BCUT2D eigenvalue weighted by atomic mass is 16.7. The van der Waals surface area contributed by atoms with E-state index in [0.717, 1.165) is 49.9 Å². The second-order valence-corrected chi connectivity index (χ2v) is 10.8. The maximum Gasteiger partial charge on any atom is 0.183 e. The number of allylic oxidation sites excluding steroid dienone is 1. The lowest BCUT2D eigenvalue weighted by atomic mass is 9.44. The predicted octanol–water partition coefficient (Wildman–Crippen LogP) is 3.78. The van der Waals surface area contributed by atoms with Crippen molar-refractivity contribution < 1.29 is 24.4 Å². The Morgan fingerprint density at radius 2 is 1.83 bits per heavy atom. The summed E-state index contributed by atoms with van der Waals surface area (Å²) in [5.41, 5.74) is 0.931. The monoisotopic (exact) mass is 406 g/mol. The molecule has 5 aliphatic rings. The first kappa shape index (κ1) is 20.3. The Morgan fingerprint density at radius 3 is 2.59 bits per heavy atom. The van der Waals surface area contributed by atoms with Crippen LogP contribution in [0.15, 0.2) is 11.3 Å². The van der Waals surface area contributed by atoms with E-state index in [9.17, 15) is 10.2 Å². The average molecular weight is 407 g/mol. The molecule has 5 heteroatoms. The molecule has 29 heavy (non-hydrogen) atoms. The molecule has 0 aromatic rings. The van der Waals surface area contributed by atoms with E-state index in [1.807, 2.05) is 0 Å². The number of rotatable bonds is 4. The second-order valence-electron chi connectivity index (χ2n) is 10.8. The summed E-state index contributed by atoms with van der Waals surface area (Å²) < 4.78 is 17.8. The van der Waals surface area contributed by atoms with Crippen LogP contribution in [0.5, 0.6) is 0 Å². The first-order chi connectivity index (χ1) is 13.9. The Kier molecular flexibility index (Phi) is 5.05. The topological polar surface area (TPSA) is 68.2 Å². The molecular weight excluding hydrogens is 368 g/mol. The number of fused-ring (bicyclic) bond motifs is 5. The zero-order chi connectivity index (χ0) is 20.3. The Balaban J connectivity index is 1.47. The predicted molar refractivity (Wildman–Crippen MR) is 109 cm³/mol. The largest absolute Gasteiger partial charge is 0.495 e. The van der Waals surface area contributed by atoms with Gasteiger partial charge < -0.3 is 24.4 Å². The smallest absolute Gasteiger partial charge is 0.183 e. The standard InChI is InChI=1S/C24H38O5/c1-22-7-3-8-24(22,26)19-5-4-16-14-20(27-11-10-25)17(21-28-12-13-29-21)15-23(16,2)18(19)6-9-22/h16,18-19,21,25-26H,3-15H2,1-2H3/t16-,18+,19-,22+,23+,24+/m1/s1. The summed E-state index contributed by atoms with van der Waals surface area (Å²) in [6.07, 6.45) is 9.53. The molecule has 5 nitrogen and oxygen atoms in total. The Bertz CT molecular complexity index is 670. The summed E-state index contributed by atoms with van der Waals surface area (Å²) in [7, 11) is 0. The van der Waals surface area contributed by atoms with Gasteiger partial charge in [0.2, 0.25) is 0 Å². The minimum atomic E-state index is -0.484. The number of hydrogen-bond donors (Lipinski definition) is 2. The molecule has 0 aromatic heterocycles. The Hall–Kier alpha value is -0.620. The highest BCUT2D eigenvalue weighted by molar-refractivity contribution is 5.24. The number of ether oxygens (including phenoxy) is 3. The second kappa shape index (κ2) is 7.22. The van der Waals surface area contributed by atoms with Crippen LogP contribution in [-0.2, 0) is 14.2 Å². The van der Waals surface area contributed by atoms with Crippen molar-refractivity contribution in [2.75, 3.05) is 26.4 Å². The molecule has 1 saturated heterocycles. The van der Waals surface area contributed by atoms with E-state index < -0.39 is 5.60 Å². The molecule has 1 heterocycles. The molecule has 1 aliphatic heterocycles. The molecule has 4 aliphatic carbocycles. The van der Waals surface area contributed by atoms with E-state index in [2.05, 4.69) is 13.8 Å². The lowest BCUT2D eigenvalue weighted by Crippen LogP contribution is -2.61. The van der Waals surface area contributed by atoms with Crippen LogP contribution in [0.1, 0.15) is 71.6 Å². The van der Waals surface area contributed by atoms with Gasteiger partial charge in [-0.15, -0.1) is 0 Å². The van der Waals surface area contributed by atoms with E-state index >= 15 is 0 Å². The van der Waals surface area contributed by atoms with Crippen molar-refractivity contribution in [1.29, 1.82) is 0 Å². The maximum absolute atomic E-state index is 11.9. The van der Waals surface area contributed by atoms with Gasteiger partial charge in [0.25, 0.3) is 0 Å². The zero-order valence-electron chi connectivity index (χ0n) is 18.1. The summed E-state index contributed by atoms with van der Waals surface area (Å²) >= 11 is 0. The molecule has 0 aromatic carbocycles. The summed E-state index contributed by atoms with van der Waals surface area (Å²) in [5, 5.41) is 21.2. The highest BCUT2D eigenvalue weighted by Crippen LogP contribution is 2.68. The van der Waals surface area contributed by atoms with Crippen molar-refractivity contribution in [3.63, 3.8) is 0 Å². The van der Waals surface area contributed by atoms with Crippen molar-refractivity contribution in [2.24, 2.45) is 28.6 Å². The van der Waals surface area contributed by atoms with Gasteiger partial charge in [-0.25, -0.2) is 0 Å². The summed E-state index contributed by atoms with van der Waals surface area (Å²) in [5.74, 6) is 2.52. The van der Waals surface area contributed by atoms with Crippen molar-refractivity contribution in [3.8, 4) is 0 Å². The van der Waals surface area contributed by atoms with Gasteiger partial charge in [0.05, 0.1) is 25.4 Å². The first-order valence-electron chi connectivity index (χ1n) is 11.8. The summed E-state index contributed by atoms with van der Waals surface area (Å²) in [6, 6.07) is 0. The van der Waals surface area contributed by atoms with Crippen LogP contribution in [0.2, 0.25) is 0 Å². The SMILES string of the molecule is C[C@]12CC(C3OCCO3)=C(OCCO)C[C@H]1CC[C@@H]1[C@@H]2CC[C@]2(C)CCC[C@]12O. The fourth-order valence-corrected chi connectivity index (χ4v) is 8.06. The number of aliphatic hydroxyl groups excluding tert-OH is 1. The van der Waals surface area contributed by atoms with Gasteiger partial charge in [-0.1, -0.05) is 13.8 Å². The Morgan fingerprint density at radius 1 is 1.03 bits per heavy atom. The minimum Gasteiger partial charge on any atom is -0.495 e. The van der Waals surface area contributed by atoms with Crippen LogP contribution < -0.4 is 0 Å². The van der Waals surface area contributed by atoms with Gasteiger partial charge in [-0.2, -0.15) is 0 Å². The quantitative estimate of drug-likeness (QED) is 0.744. The number of aliphatic hydroxyl groups is 2. The van der Waals surface area contributed by atoms with E-state index in [4.69, 9.17) is 14.2 Å². The van der Waals surface area contributed by atoms with Crippen LogP contribution in [0, 0.1) is 28.6 Å². The molecule has 164 valence electrons. The van der Waals surface area contributed by atoms with Gasteiger partial charge in [0, 0.05) is 12.0 Å². The molecule has 6 atom stereocenters. The first-order valence-corrected chi connectivity index (χ1v) is 11.8. The van der Waals surface area contributed by atoms with Crippen LogP contribution >= 0.6 is 0 Å². The van der Waals surface area contributed by atoms with E-state index in [-0.39, 0.29) is 23.7 Å². The lowest BCUT2D eigenvalue weighted by molar-refractivity contribution is -0.196. The third kappa shape index (κ3) is 2.95. The highest BCUT2D eigenvalue weighted by Gasteiger charge is 2.64. The van der Waals surface area contributed by atoms with Gasteiger partial charge in [-0.05, 0) is 80.0 Å². The number of hydrogen-bond acceptors (Lipinski definition) is 5. The lowest BCUT2D eigenvalue weighted by Gasteiger charge is -2.62. The van der Waals surface area contributed by atoms with Crippen LogP contribution in [0.25, 0.3) is 0 Å². The molecule has 0 radical (unpaired) electrons. The van der Waals surface area contributed by atoms with Crippen LogP contribution in [0.4, 0.5) is 0 Å². The molecule has 2 N–H and O–H groups in total. The third-order valence-electron chi connectivity index (χ3n) is 9.68. The molecule has 0 unspecified atom stereocenters. The van der Waals surface area contributed by atoms with Gasteiger partial charge in [0.15, 0.2) is 6.29 Å². The molecule has 5 rings (SSSR count). The fourth-order valence-electron chi connectivity index (χ4n) is 8.06. The average Bonchev–Trinajstić information content (AvgIpc) is 3.33. The van der Waals surface area contributed by atoms with Crippen molar-refractivity contribution in [3.05, 3.63) is 11.3 Å². The van der Waals surface area contributed by atoms with E-state index in [1.165, 1.54) is 19.3 Å². The Labute approximate surface area is 174 Å². The normalized spacial score (nSPS) is 47.7. The fraction of sp³-hybridized carbons (Fsp3) is 0.917. The van der Waals surface area contributed by atoms with Gasteiger partial charge >= 0.3 is 0 Å². The minimum absolute atomic E-state index is 0.0292. The molecular formula is C24H38O5. The van der Waals surface area contributed by atoms with Crippen molar-refractivity contribution in [1.82, 2.24) is 0 Å². The van der Waals surface area contributed by atoms with Crippen LogP contribution in [0.3, 0.4) is 0 Å². The molecule has 0 bridgehead atoms. The van der Waals surface area contributed by atoms with Gasteiger partial charge in [0.1, 0.15) is 12.4 Å². The summed E-state index contributed by atoms with van der Waals surface area (Å²) in [4.78, 5) is 0. The third-order valence-corrected chi connectivity index (χ3v) is 9.68. The molecule has 0 amide bonds. The zero-order valence-corrected chi connectivity index (χ0v) is 18.1.